The summed E-state index contributed by atoms with van der Waals surface area (Å²) in [7, 11) is 0. The first kappa shape index (κ1) is 12.9. The van der Waals surface area contributed by atoms with Gasteiger partial charge in [-0.1, -0.05) is 12.1 Å². The molecule has 0 amide bonds. The first-order valence-electron chi connectivity index (χ1n) is 6.48. The highest BCUT2D eigenvalue weighted by Crippen LogP contribution is 2.16. The van der Waals surface area contributed by atoms with Crippen LogP contribution in [0.4, 0.5) is 0 Å². The second-order valence-electron chi connectivity index (χ2n) is 4.57. The maximum absolute atomic E-state index is 5.30. The van der Waals surface area contributed by atoms with Crippen LogP contribution in [0.3, 0.4) is 0 Å². The van der Waals surface area contributed by atoms with Crippen molar-refractivity contribution in [1.29, 1.82) is 0 Å². The molecule has 5 heteroatoms. The van der Waals surface area contributed by atoms with E-state index in [0.717, 1.165) is 42.7 Å². The summed E-state index contributed by atoms with van der Waals surface area (Å²) >= 11 is 1.87. The molecule has 0 aromatic carbocycles. The molecular formula is C12H21N3OS. The monoisotopic (exact) mass is 255 g/mol. The zero-order valence-corrected chi connectivity index (χ0v) is 11.3. The minimum Gasteiger partial charge on any atom is -0.339 e. The van der Waals surface area contributed by atoms with Crippen molar-refractivity contribution in [1.82, 2.24) is 15.5 Å². The molecule has 17 heavy (non-hydrogen) atoms. The molecule has 2 rings (SSSR count). The van der Waals surface area contributed by atoms with Crippen LogP contribution in [0.1, 0.15) is 37.9 Å². The Hall–Kier alpha value is -0.550. The van der Waals surface area contributed by atoms with Gasteiger partial charge in [-0.25, -0.2) is 0 Å². The second kappa shape index (κ2) is 7.01. The Bertz CT molecular complexity index is 323. The number of rotatable bonds is 6. The van der Waals surface area contributed by atoms with E-state index < -0.39 is 0 Å². The number of piperidine rings is 1. The molecule has 1 saturated heterocycles. The predicted octanol–water partition coefficient (Wildman–Crippen LogP) is 2.25. The van der Waals surface area contributed by atoms with Crippen LogP contribution in [0.15, 0.2) is 4.52 Å². The Kier molecular flexibility index (Phi) is 5.32. The van der Waals surface area contributed by atoms with Gasteiger partial charge in [0.2, 0.25) is 5.89 Å². The fourth-order valence-electron chi connectivity index (χ4n) is 2.08. The molecule has 1 atom stereocenters. The molecular weight excluding hydrogens is 234 g/mol. The Morgan fingerprint density at radius 2 is 2.47 bits per heavy atom. The summed E-state index contributed by atoms with van der Waals surface area (Å²) in [6, 6.07) is 0. The summed E-state index contributed by atoms with van der Waals surface area (Å²) in [5.41, 5.74) is 0. The zero-order chi connectivity index (χ0) is 11.9. The second-order valence-corrected chi connectivity index (χ2v) is 5.68. The Morgan fingerprint density at radius 3 is 3.24 bits per heavy atom. The third-order valence-corrected chi connectivity index (χ3v) is 4.11. The zero-order valence-electron chi connectivity index (χ0n) is 10.4. The van der Waals surface area contributed by atoms with Crippen molar-refractivity contribution in [2.24, 2.45) is 5.92 Å². The van der Waals surface area contributed by atoms with E-state index in [2.05, 4.69) is 22.4 Å². The van der Waals surface area contributed by atoms with Crippen LogP contribution in [0.5, 0.6) is 0 Å². The minimum atomic E-state index is 0.667. The highest BCUT2D eigenvalue weighted by atomic mass is 32.2. The fourth-order valence-corrected chi connectivity index (χ4v) is 2.82. The van der Waals surface area contributed by atoms with E-state index in [1.807, 2.05) is 11.8 Å². The van der Waals surface area contributed by atoms with Gasteiger partial charge in [0.1, 0.15) is 0 Å². The number of nitrogens with zero attached hydrogens (tertiary/aromatic N) is 2. The van der Waals surface area contributed by atoms with Gasteiger partial charge in [-0.05, 0) is 44.0 Å². The van der Waals surface area contributed by atoms with Gasteiger partial charge in [-0.15, -0.1) is 0 Å². The van der Waals surface area contributed by atoms with E-state index in [1.54, 1.807) is 0 Å². The van der Waals surface area contributed by atoms with E-state index in [9.17, 15) is 0 Å². The van der Waals surface area contributed by atoms with Gasteiger partial charge in [-0.2, -0.15) is 16.7 Å². The van der Waals surface area contributed by atoms with Crippen LogP contribution < -0.4 is 5.32 Å². The normalized spacial score (nSPS) is 20.6. The Balaban J connectivity index is 1.76. The molecule has 1 N–H and O–H groups in total. The molecule has 1 aliphatic heterocycles. The van der Waals surface area contributed by atoms with Gasteiger partial charge in [0, 0.05) is 6.42 Å². The average molecular weight is 255 g/mol. The summed E-state index contributed by atoms with van der Waals surface area (Å²) in [4.78, 5) is 4.45. The largest absolute Gasteiger partial charge is 0.339 e. The molecule has 1 unspecified atom stereocenters. The lowest BCUT2D eigenvalue weighted by Gasteiger charge is -2.20. The molecule has 1 aromatic heterocycles. The van der Waals surface area contributed by atoms with Crippen molar-refractivity contribution >= 4 is 11.8 Å². The lowest BCUT2D eigenvalue weighted by molar-refractivity contribution is 0.315. The third-order valence-electron chi connectivity index (χ3n) is 2.95. The molecule has 0 saturated carbocycles. The molecule has 0 spiro atoms. The van der Waals surface area contributed by atoms with Gasteiger partial charge in [0.15, 0.2) is 5.82 Å². The smallest absolute Gasteiger partial charge is 0.226 e. The molecule has 96 valence electrons. The van der Waals surface area contributed by atoms with Crippen LogP contribution in [0.25, 0.3) is 0 Å². The van der Waals surface area contributed by atoms with Crippen LogP contribution in [-0.4, -0.2) is 29.0 Å². The maximum atomic E-state index is 5.30. The lowest BCUT2D eigenvalue weighted by Crippen LogP contribution is -2.30. The number of hydrogen-bond donors (Lipinski definition) is 1. The predicted molar refractivity (Wildman–Crippen MR) is 70.0 cm³/mol. The van der Waals surface area contributed by atoms with Gasteiger partial charge in [0.05, 0.1) is 5.75 Å². The van der Waals surface area contributed by atoms with E-state index in [1.165, 1.54) is 19.3 Å². The fraction of sp³-hybridized carbons (Fsp3) is 0.833. The van der Waals surface area contributed by atoms with Crippen LogP contribution in [-0.2, 0) is 12.2 Å². The topological polar surface area (TPSA) is 51.0 Å². The number of hydrogen-bond acceptors (Lipinski definition) is 5. The molecule has 0 radical (unpaired) electrons. The van der Waals surface area contributed by atoms with Crippen molar-refractivity contribution in [2.45, 2.75) is 38.4 Å². The van der Waals surface area contributed by atoms with E-state index in [4.69, 9.17) is 4.52 Å². The van der Waals surface area contributed by atoms with E-state index >= 15 is 0 Å². The summed E-state index contributed by atoms with van der Waals surface area (Å²) in [6.07, 6.45) is 4.66. The Morgan fingerprint density at radius 1 is 1.53 bits per heavy atom. The number of aromatic nitrogens is 2. The van der Waals surface area contributed by atoms with Crippen LogP contribution >= 0.6 is 11.8 Å². The maximum Gasteiger partial charge on any atom is 0.226 e. The SMILES string of the molecule is CCCSCc1noc(CC2CCCNC2)n1. The van der Waals surface area contributed by atoms with Crippen molar-refractivity contribution in [3.05, 3.63) is 11.7 Å². The number of nitrogens with one attached hydrogen (secondary N) is 1. The first-order valence-corrected chi connectivity index (χ1v) is 7.64. The van der Waals surface area contributed by atoms with Gasteiger partial charge >= 0.3 is 0 Å². The highest BCUT2D eigenvalue weighted by Gasteiger charge is 2.17. The van der Waals surface area contributed by atoms with E-state index in [-0.39, 0.29) is 0 Å². The quantitative estimate of drug-likeness (QED) is 0.790. The van der Waals surface area contributed by atoms with Gasteiger partial charge in [-0.3, -0.25) is 0 Å². The van der Waals surface area contributed by atoms with E-state index in [0.29, 0.717) is 5.92 Å². The molecule has 1 aliphatic rings. The minimum absolute atomic E-state index is 0.667. The summed E-state index contributed by atoms with van der Waals surface area (Å²) in [5, 5.41) is 7.44. The molecule has 1 aromatic rings. The molecule has 4 nitrogen and oxygen atoms in total. The average Bonchev–Trinajstić information content (AvgIpc) is 2.79. The van der Waals surface area contributed by atoms with Crippen LogP contribution in [0.2, 0.25) is 0 Å². The molecule has 2 heterocycles. The third kappa shape index (κ3) is 4.32. The van der Waals surface area contributed by atoms with Crippen molar-refractivity contribution in [3.63, 3.8) is 0 Å². The Labute approximate surface area is 107 Å². The summed E-state index contributed by atoms with van der Waals surface area (Å²) < 4.78 is 5.30. The van der Waals surface area contributed by atoms with Gasteiger partial charge in [0.25, 0.3) is 0 Å². The van der Waals surface area contributed by atoms with Crippen molar-refractivity contribution < 1.29 is 4.52 Å². The highest BCUT2D eigenvalue weighted by molar-refractivity contribution is 7.98. The molecule has 0 aliphatic carbocycles. The van der Waals surface area contributed by atoms with Crippen LogP contribution in [0, 0.1) is 5.92 Å². The molecule has 0 bridgehead atoms. The van der Waals surface area contributed by atoms with Crippen molar-refractivity contribution in [3.8, 4) is 0 Å². The van der Waals surface area contributed by atoms with Gasteiger partial charge < -0.3 is 9.84 Å². The first-order chi connectivity index (χ1) is 8.38. The summed E-state index contributed by atoms with van der Waals surface area (Å²) in [5.74, 6) is 4.37. The number of thioether (sulfide) groups is 1. The molecule has 1 fully saturated rings. The standard InChI is InChI=1S/C12H21N3OS/c1-2-6-17-9-11-14-12(16-15-11)7-10-4-3-5-13-8-10/h10,13H,2-9H2,1H3. The van der Waals surface area contributed by atoms with Crippen molar-refractivity contribution in [2.75, 3.05) is 18.8 Å². The summed E-state index contributed by atoms with van der Waals surface area (Å²) in [6.45, 7) is 4.42. The lowest BCUT2D eigenvalue weighted by atomic mass is 9.96.